The molecule has 2 rings (SSSR count). The van der Waals surface area contributed by atoms with Crippen molar-refractivity contribution in [2.75, 3.05) is 33.3 Å². The van der Waals surface area contributed by atoms with Crippen molar-refractivity contribution >= 4 is 5.91 Å². The van der Waals surface area contributed by atoms with Gasteiger partial charge < -0.3 is 15.3 Å². The van der Waals surface area contributed by atoms with Gasteiger partial charge in [0.25, 0.3) is 0 Å². The molecule has 86 valence electrons. The van der Waals surface area contributed by atoms with Crippen molar-refractivity contribution in [1.29, 1.82) is 0 Å². The van der Waals surface area contributed by atoms with E-state index in [0.29, 0.717) is 12.5 Å². The van der Waals surface area contributed by atoms with Gasteiger partial charge in [0.2, 0.25) is 5.91 Å². The molecule has 0 radical (unpaired) electrons. The van der Waals surface area contributed by atoms with E-state index in [1.165, 1.54) is 19.3 Å². The Kier molecular flexibility index (Phi) is 2.98. The maximum absolute atomic E-state index is 11.7. The van der Waals surface area contributed by atoms with Gasteiger partial charge in [-0.25, -0.2) is 0 Å². The van der Waals surface area contributed by atoms with Crippen molar-refractivity contribution in [3.8, 4) is 0 Å². The zero-order valence-electron chi connectivity index (χ0n) is 9.33. The Bertz CT molecular complexity index is 251. The second-order valence-corrected chi connectivity index (χ2v) is 4.90. The average Bonchev–Trinajstić information content (AvgIpc) is 2.56. The van der Waals surface area contributed by atoms with Crippen LogP contribution in [0.25, 0.3) is 0 Å². The monoisotopic (exact) mass is 212 g/mol. The molecule has 1 aliphatic carbocycles. The number of likely N-dealkylation sites (tertiary alicyclic amines) is 1. The first-order chi connectivity index (χ1) is 7.22. The van der Waals surface area contributed by atoms with Gasteiger partial charge >= 0.3 is 0 Å². The Morgan fingerprint density at radius 1 is 1.60 bits per heavy atom. The number of likely N-dealkylation sites (N-methyl/N-ethyl adjacent to an activating group) is 1. The van der Waals surface area contributed by atoms with Crippen molar-refractivity contribution in [2.24, 2.45) is 11.3 Å². The fourth-order valence-corrected chi connectivity index (χ4v) is 2.94. The fourth-order valence-electron chi connectivity index (χ4n) is 2.94. The molecule has 2 aliphatic rings. The highest BCUT2D eigenvalue weighted by molar-refractivity contribution is 5.78. The summed E-state index contributed by atoms with van der Waals surface area (Å²) in [5.74, 6) is 0.479. The maximum Gasteiger partial charge on any atom is 0.236 e. The Balaban J connectivity index is 1.98. The van der Waals surface area contributed by atoms with Crippen LogP contribution in [0.2, 0.25) is 0 Å². The number of carbonyl (C=O) groups excluding carboxylic acids is 1. The molecule has 2 fully saturated rings. The van der Waals surface area contributed by atoms with Crippen molar-refractivity contribution in [3.63, 3.8) is 0 Å². The fraction of sp³-hybridized carbons (Fsp3) is 0.909. The molecule has 1 heterocycles. The Morgan fingerprint density at radius 2 is 2.33 bits per heavy atom. The van der Waals surface area contributed by atoms with Crippen LogP contribution in [-0.4, -0.2) is 49.2 Å². The van der Waals surface area contributed by atoms with Crippen molar-refractivity contribution in [3.05, 3.63) is 0 Å². The lowest BCUT2D eigenvalue weighted by molar-refractivity contribution is -0.129. The molecule has 1 unspecified atom stereocenters. The van der Waals surface area contributed by atoms with Crippen LogP contribution < -0.4 is 5.32 Å². The Labute approximate surface area is 90.6 Å². The van der Waals surface area contributed by atoms with Gasteiger partial charge in [0.15, 0.2) is 0 Å². The summed E-state index contributed by atoms with van der Waals surface area (Å²) in [6.45, 7) is 2.24. The Hall–Kier alpha value is -0.610. The van der Waals surface area contributed by atoms with Crippen molar-refractivity contribution in [2.45, 2.75) is 19.3 Å². The molecule has 4 nitrogen and oxygen atoms in total. The second kappa shape index (κ2) is 4.10. The van der Waals surface area contributed by atoms with E-state index >= 15 is 0 Å². The third kappa shape index (κ3) is 1.76. The molecule has 1 aliphatic heterocycles. The van der Waals surface area contributed by atoms with Crippen LogP contribution in [0, 0.1) is 11.3 Å². The lowest BCUT2D eigenvalue weighted by atomic mass is 9.63. The van der Waals surface area contributed by atoms with Crippen LogP contribution in [-0.2, 0) is 4.79 Å². The molecule has 1 atom stereocenters. The van der Waals surface area contributed by atoms with Crippen molar-refractivity contribution in [1.82, 2.24) is 10.2 Å². The Morgan fingerprint density at radius 3 is 2.73 bits per heavy atom. The summed E-state index contributed by atoms with van der Waals surface area (Å²) in [7, 11) is 1.79. The summed E-state index contributed by atoms with van der Waals surface area (Å²) in [5.41, 5.74) is 0.262. The average molecular weight is 212 g/mol. The van der Waals surface area contributed by atoms with Gasteiger partial charge in [0.1, 0.15) is 0 Å². The van der Waals surface area contributed by atoms with E-state index in [2.05, 4.69) is 5.32 Å². The summed E-state index contributed by atoms with van der Waals surface area (Å²) < 4.78 is 0. The van der Waals surface area contributed by atoms with E-state index in [0.717, 1.165) is 13.1 Å². The molecule has 1 amide bonds. The maximum atomic E-state index is 11.7. The number of hydrogen-bond acceptors (Lipinski definition) is 3. The first kappa shape index (κ1) is 10.9. The molecule has 0 bridgehead atoms. The number of rotatable bonds is 3. The quantitative estimate of drug-likeness (QED) is 0.683. The highest BCUT2D eigenvalue weighted by atomic mass is 16.3. The topological polar surface area (TPSA) is 52.6 Å². The van der Waals surface area contributed by atoms with Gasteiger partial charge in [-0.3, -0.25) is 4.79 Å². The molecule has 2 N–H and O–H groups in total. The van der Waals surface area contributed by atoms with E-state index in [4.69, 9.17) is 0 Å². The van der Waals surface area contributed by atoms with E-state index in [-0.39, 0.29) is 17.9 Å². The van der Waals surface area contributed by atoms with Gasteiger partial charge in [-0.2, -0.15) is 0 Å². The molecule has 1 saturated heterocycles. The number of nitrogens with zero attached hydrogens (tertiary/aromatic N) is 1. The highest BCUT2D eigenvalue weighted by Crippen LogP contribution is 2.51. The third-order valence-electron chi connectivity index (χ3n) is 4.06. The minimum absolute atomic E-state index is 0.166. The highest BCUT2D eigenvalue weighted by Gasteiger charge is 2.50. The second-order valence-electron chi connectivity index (χ2n) is 4.90. The number of carbonyl (C=O) groups is 1. The lowest BCUT2D eigenvalue weighted by Crippen LogP contribution is -2.40. The minimum Gasteiger partial charge on any atom is -0.396 e. The largest absolute Gasteiger partial charge is 0.396 e. The van der Waals surface area contributed by atoms with Crippen LogP contribution in [0.15, 0.2) is 0 Å². The number of amides is 1. The van der Waals surface area contributed by atoms with Crippen LogP contribution in [0.4, 0.5) is 0 Å². The molecule has 1 spiro atoms. The molecule has 15 heavy (non-hydrogen) atoms. The molecule has 0 aromatic carbocycles. The minimum atomic E-state index is 0.166. The summed E-state index contributed by atoms with van der Waals surface area (Å²) >= 11 is 0. The van der Waals surface area contributed by atoms with Crippen LogP contribution >= 0.6 is 0 Å². The van der Waals surface area contributed by atoms with E-state index in [9.17, 15) is 9.90 Å². The number of hydrogen-bond donors (Lipinski definition) is 2. The SMILES string of the molecule is CNCC(=O)N1CC(CO)C2(CCC2)C1. The number of nitrogens with one attached hydrogen (secondary N) is 1. The van der Waals surface area contributed by atoms with Crippen LogP contribution in [0.1, 0.15) is 19.3 Å². The standard InChI is InChI=1S/C11H20N2O2/c1-12-5-10(15)13-6-9(7-14)11(8-13)3-2-4-11/h9,12,14H,2-8H2,1H3. The zero-order chi connectivity index (χ0) is 10.9. The molecular weight excluding hydrogens is 192 g/mol. The van der Waals surface area contributed by atoms with E-state index in [1.807, 2.05) is 4.90 Å². The molecule has 1 saturated carbocycles. The number of aliphatic hydroxyl groups excluding tert-OH is 1. The van der Waals surface area contributed by atoms with E-state index in [1.54, 1.807) is 7.05 Å². The first-order valence-corrected chi connectivity index (χ1v) is 5.75. The third-order valence-corrected chi connectivity index (χ3v) is 4.06. The number of aliphatic hydroxyl groups is 1. The van der Waals surface area contributed by atoms with Gasteiger partial charge in [-0.05, 0) is 25.3 Å². The van der Waals surface area contributed by atoms with Crippen molar-refractivity contribution < 1.29 is 9.90 Å². The summed E-state index contributed by atoms with van der Waals surface area (Å²) in [5, 5.41) is 12.2. The summed E-state index contributed by atoms with van der Waals surface area (Å²) in [6, 6.07) is 0. The normalized spacial score (nSPS) is 28.1. The predicted octanol–water partition coefficient (Wildman–Crippen LogP) is -0.173. The first-order valence-electron chi connectivity index (χ1n) is 5.75. The smallest absolute Gasteiger partial charge is 0.236 e. The van der Waals surface area contributed by atoms with Crippen LogP contribution in [0.5, 0.6) is 0 Å². The van der Waals surface area contributed by atoms with Gasteiger partial charge in [-0.15, -0.1) is 0 Å². The summed E-state index contributed by atoms with van der Waals surface area (Å²) in [4.78, 5) is 13.6. The molecule has 0 aromatic rings. The van der Waals surface area contributed by atoms with Gasteiger partial charge in [0, 0.05) is 25.6 Å². The van der Waals surface area contributed by atoms with Gasteiger partial charge in [0.05, 0.1) is 6.54 Å². The lowest BCUT2D eigenvalue weighted by Gasteiger charge is -2.42. The molecule has 4 heteroatoms. The van der Waals surface area contributed by atoms with E-state index < -0.39 is 0 Å². The predicted molar refractivity (Wildman–Crippen MR) is 57.4 cm³/mol. The zero-order valence-corrected chi connectivity index (χ0v) is 9.33. The van der Waals surface area contributed by atoms with Gasteiger partial charge in [-0.1, -0.05) is 6.42 Å². The molecule has 0 aromatic heterocycles. The van der Waals surface area contributed by atoms with Crippen LogP contribution in [0.3, 0.4) is 0 Å². The molecular formula is C11H20N2O2. The summed E-state index contributed by atoms with van der Waals surface area (Å²) in [6.07, 6.45) is 3.62.